The topological polar surface area (TPSA) is 79.7 Å². The van der Waals surface area contributed by atoms with Gasteiger partial charge in [-0.3, -0.25) is 4.90 Å². The maximum atomic E-state index is 10.7. The molecule has 3 aliphatic rings. The van der Waals surface area contributed by atoms with Gasteiger partial charge >= 0.3 is 0 Å². The van der Waals surface area contributed by atoms with E-state index in [-0.39, 0.29) is 12.7 Å². The molecule has 0 aliphatic carbocycles. The number of aromatic nitrogens is 1. The molecule has 0 spiro atoms. The lowest BCUT2D eigenvalue weighted by Gasteiger charge is -2.37. The van der Waals surface area contributed by atoms with Crippen LogP contribution in [0.2, 0.25) is 0 Å². The molecule has 2 aromatic rings. The molecule has 0 radical (unpaired) electrons. The van der Waals surface area contributed by atoms with E-state index in [9.17, 15) is 5.11 Å². The number of fused-ring (bicyclic) bond motifs is 4. The molecule has 4 heterocycles. The predicted molar refractivity (Wildman–Crippen MR) is 133 cm³/mol. The van der Waals surface area contributed by atoms with Gasteiger partial charge in [-0.1, -0.05) is 31.8 Å². The van der Waals surface area contributed by atoms with Crippen LogP contribution in [0.1, 0.15) is 30.5 Å². The summed E-state index contributed by atoms with van der Waals surface area (Å²) in [4.78, 5) is 12.7. The molecule has 8 nitrogen and oxygen atoms in total. The van der Waals surface area contributed by atoms with Gasteiger partial charge in [0.15, 0.2) is 11.9 Å². The van der Waals surface area contributed by atoms with Crippen molar-refractivity contribution in [3.63, 3.8) is 0 Å². The molecule has 2 atom stereocenters. The normalized spacial score (nSPS) is 20.2. The third-order valence-electron chi connectivity index (χ3n) is 6.38. The molecular weight excluding hydrogens is 444 g/mol. The lowest BCUT2D eigenvalue weighted by atomic mass is 9.94. The lowest BCUT2D eigenvalue weighted by Crippen LogP contribution is -2.41. The molecule has 5 rings (SSSR count). The van der Waals surface area contributed by atoms with E-state index < -0.39 is 6.35 Å². The molecule has 182 valence electrons. The number of benzene rings is 1. The van der Waals surface area contributed by atoms with E-state index in [1.165, 1.54) is 5.56 Å². The fraction of sp³-hybridized carbons (Fsp3) is 0.407. The third-order valence-corrected chi connectivity index (χ3v) is 6.38. The fourth-order valence-electron chi connectivity index (χ4n) is 4.38. The highest BCUT2D eigenvalue weighted by Crippen LogP contribution is 2.33. The van der Waals surface area contributed by atoms with E-state index in [2.05, 4.69) is 52.7 Å². The Morgan fingerprint density at radius 2 is 2.14 bits per heavy atom. The van der Waals surface area contributed by atoms with E-state index in [4.69, 9.17) is 14.2 Å². The van der Waals surface area contributed by atoms with Gasteiger partial charge in [0, 0.05) is 29.9 Å². The summed E-state index contributed by atoms with van der Waals surface area (Å²) in [6, 6.07) is 9.88. The first-order valence-electron chi connectivity index (χ1n) is 12.1. The van der Waals surface area contributed by atoms with Crippen LogP contribution >= 0.6 is 0 Å². The number of aliphatic hydroxyl groups excluding tert-OH is 1. The molecule has 0 saturated carbocycles. The average Bonchev–Trinajstić information content (AvgIpc) is 2.89. The highest BCUT2D eigenvalue weighted by molar-refractivity contribution is 5.97. The summed E-state index contributed by atoms with van der Waals surface area (Å²) in [7, 11) is 0. The van der Waals surface area contributed by atoms with Crippen molar-refractivity contribution in [1.82, 2.24) is 14.8 Å². The maximum Gasteiger partial charge on any atom is 0.257 e. The zero-order valence-electron chi connectivity index (χ0n) is 20.1. The smallest absolute Gasteiger partial charge is 0.257 e. The Hall–Kier alpha value is -3.54. The average molecular weight is 475 g/mol. The molecule has 1 aromatic heterocycles. The molecule has 35 heavy (non-hydrogen) atoms. The second-order valence-corrected chi connectivity index (χ2v) is 8.59. The van der Waals surface area contributed by atoms with Gasteiger partial charge in [-0.2, -0.15) is 4.99 Å². The monoisotopic (exact) mass is 474 g/mol. The molecular formula is C27H30N4O4. The van der Waals surface area contributed by atoms with Crippen molar-refractivity contribution in [3.05, 3.63) is 59.3 Å². The SMILES string of the molecule is CCN(CC)CC#Cc1ccc2c(c1)CCN1C2=CC(OCC2COc3ncccc3O2)=NC1O. The van der Waals surface area contributed by atoms with Gasteiger partial charge in [0.2, 0.25) is 12.2 Å². The Kier molecular flexibility index (Phi) is 6.89. The van der Waals surface area contributed by atoms with Gasteiger partial charge in [-0.05, 0) is 49.3 Å². The fourth-order valence-corrected chi connectivity index (χ4v) is 4.38. The minimum absolute atomic E-state index is 0.248. The van der Waals surface area contributed by atoms with Crippen LogP contribution in [0.3, 0.4) is 0 Å². The van der Waals surface area contributed by atoms with Crippen LogP contribution in [-0.2, 0) is 11.2 Å². The van der Waals surface area contributed by atoms with Gasteiger partial charge in [0.25, 0.3) is 5.88 Å². The third kappa shape index (κ3) is 5.11. The van der Waals surface area contributed by atoms with Crippen LogP contribution in [0, 0.1) is 11.8 Å². The lowest BCUT2D eigenvalue weighted by molar-refractivity contribution is 0.0348. The number of rotatable bonds is 5. The van der Waals surface area contributed by atoms with Gasteiger partial charge in [-0.25, -0.2) is 4.98 Å². The summed E-state index contributed by atoms with van der Waals surface area (Å²) >= 11 is 0. The Balaban J connectivity index is 1.28. The van der Waals surface area contributed by atoms with Crippen molar-refractivity contribution >= 4 is 11.6 Å². The van der Waals surface area contributed by atoms with Gasteiger partial charge in [-0.15, -0.1) is 0 Å². The van der Waals surface area contributed by atoms with Crippen molar-refractivity contribution in [3.8, 4) is 23.5 Å². The molecule has 8 heteroatoms. The van der Waals surface area contributed by atoms with Crippen LogP contribution in [0.5, 0.6) is 11.6 Å². The summed E-state index contributed by atoms with van der Waals surface area (Å²) in [5, 5.41) is 10.7. The van der Waals surface area contributed by atoms with Crippen LogP contribution in [0.15, 0.2) is 47.6 Å². The van der Waals surface area contributed by atoms with E-state index in [1.807, 2.05) is 23.1 Å². The van der Waals surface area contributed by atoms with Gasteiger partial charge < -0.3 is 24.2 Å². The molecule has 0 bridgehead atoms. The minimum atomic E-state index is -0.986. The first-order chi connectivity index (χ1) is 17.1. The number of hydrogen-bond acceptors (Lipinski definition) is 8. The largest absolute Gasteiger partial charge is 0.478 e. The summed E-state index contributed by atoms with van der Waals surface area (Å²) < 4.78 is 17.5. The standard InChI is InChI=1S/C27H30N4O4/c1-3-30(4-2)13-6-7-19-9-10-22-20(15-19)11-14-31-23(22)16-25(29-27(31)32)33-17-21-18-34-26-24(35-21)8-5-12-28-26/h5,8-10,12,15-16,21,27,32H,3-4,11,13-14,17-18H2,1-2H3. The van der Waals surface area contributed by atoms with Crippen molar-refractivity contribution in [2.45, 2.75) is 32.7 Å². The Morgan fingerprint density at radius 3 is 3.00 bits per heavy atom. The maximum absolute atomic E-state index is 10.7. The molecule has 1 N–H and O–H groups in total. The number of pyridine rings is 1. The highest BCUT2D eigenvalue weighted by atomic mass is 16.6. The van der Waals surface area contributed by atoms with Crippen molar-refractivity contribution in [2.75, 3.05) is 39.4 Å². The Bertz CT molecular complexity index is 1200. The number of nitrogens with zero attached hydrogens (tertiary/aromatic N) is 4. The second-order valence-electron chi connectivity index (χ2n) is 8.59. The summed E-state index contributed by atoms with van der Waals surface area (Å²) in [6.45, 7) is 8.32. The van der Waals surface area contributed by atoms with E-state index >= 15 is 0 Å². The van der Waals surface area contributed by atoms with Gasteiger partial charge in [0.05, 0.1) is 12.2 Å². The van der Waals surface area contributed by atoms with E-state index in [0.29, 0.717) is 30.7 Å². The number of ether oxygens (including phenoxy) is 3. The zero-order valence-corrected chi connectivity index (χ0v) is 20.1. The van der Waals surface area contributed by atoms with E-state index in [1.54, 1.807) is 12.3 Å². The van der Waals surface area contributed by atoms with Crippen molar-refractivity contribution in [2.24, 2.45) is 4.99 Å². The van der Waals surface area contributed by atoms with E-state index in [0.717, 1.165) is 42.9 Å². The molecule has 1 aromatic carbocycles. The number of aliphatic imine (C=N–C) groups is 1. The minimum Gasteiger partial charge on any atom is -0.478 e. The first kappa shape index (κ1) is 23.2. The van der Waals surface area contributed by atoms with Gasteiger partial charge in [0.1, 0.15) is 13.2 Å². The summed E-state index contributed by atoms with van der Waals surface area (Å²) in [5.74, 6) is 8.04. The van der Waals surface area contributed by atoms with Crippen molar-refractivity contribution in [1.29, 1.82) is 0 Å². The molecule has 3 aliphatic heterocycles. The number of aliphatic hydroxyl groups is 1. The second kappa shape index (κ2) is 10.4. The number of hydrogen-bond donors (Lipinski definition) is 1. The summed E-state index contributed by atoms with van der Waals surface area (Å²) in [6.07, 6.45) is 3.09. The van der Waals surface area contributed by atoms with Crippen LogP contribution in [0.25, 0.3) is 5.70 Å². The quantitative estimate of drug-likeness (QED) is 0.667. The predicted octanol–water partition coefficient (Wildman–Crippen LogP) is 2.52. The summed E-state index contributed by atoms with van der Waals surface area (Å²) in [5.41, 5.74) is 4.19. The zero-order chi connectivity index (χ0) is 24.2. The molecule has 0 amide bonds. The highest BCUT2D eigenvalue weighted by Gasteiger charge is 2.30. The molecule has 0 saturated heterocycles. The molecule has 0 fully saturated rings. The van der Waals surface area contributed by atoms with Crippen LogP contribution in [-0.4, -0.2) is 77.6 Å². The Labute approximate surface area is 205 Å². The first-order valence-corrected chi connectivity index (χ1v) is 12.1. The van der Waals surface area contributed by atoms with Crippen LogP contribution in [0.4, 0.5) is 0 Å². The van der Waals surface area contributed by atoms with Crippen LogP contribution < -0.4 is 9.47 Å². The Morgan fingerprint density at radius 1 is 1.26 bits per heavy atom. The molecule has 2 unspecified atom stereocenters. The van der Waals surface area contributed by atoms with Crippen molar-refractivity contribution < 1.29 is 19.3 Å².